The molecule has 0 atom stereocenters. The normalized spacial score (nSPS) is 10.8. The van der Waals surface area contributed by atoms with E-state index >= 15 is 0 Å². The van der Waals surface area contributed by atoms with E-state index in [2.05, 4.69) is 15.6 Å². The van der Waals surface area contributed by atoms with Gasteiger partial charge in [-0.3, -0.25) is 9.20 Å². The van der Waals surface area contributed by atoms with Crippen LogP contribution in [0.1, 0.15) is 16.8 Å². The molecule has 32 heavy (non-hydrogen) atoms. The minimum Gasteiger partial charge on any atom is -0.307 e. The van der Waals surface area contributed by atoms with Crippen molar-refractivity contribution in [2.75, 3.05) is 10.6 Å². The number of thioether (sulfide) groups is 1. The summed E-state index contributed by atoms with van der Waals surface area (Å²) in [4.78, 5) is 30.4. The van der Waals surface area contributed by atoms with Crippen LogP contribution in [0.2, 0.25) is 5.02 Å². The number of halogens is 1. The first-order valence-corrected chi connectivity index (χ1v) is 11.3. The summed E-state index contributed by atoms with van der Waals surface area (Å²) in [7, 11) is 0. The summed E-state index contributed by atoms with van der Waals surface area (Å²) in [6.45, 7) is 3.93. The number of aromatic nitrogens is 2. The minimum absolute atomic E-state index is 0.188. The van der Waals surface area contributed by atoms with Crippen LogP contribution in [0.5, 0.6) is 0 Å². The summed E-state index contributed by atoms with van der Waals surface area (Å²) >= 11 is 7.46. The number of nitrogens with one attached hydrogen (secondary N) is 2. The molecule has 0 saturated carbocycles. The topological polar surface area (TPSA) is 75.5 Å². The number of hydrogen-bond acceptors (Lipinski definition) is 4. The molecule has 0 spiro atoms. The lowest BCUT2D eigenvalue weighted by atomic mass is 10.1. The van der Waals surface area contributed by atoms with E-state index in [-0.39, 0.29) is 11.6 Å². The van der Waals surface area contributed by atoms with Gasteiger partial charge in [-0.25, -0.2) is 9.78 Å². The van der Waals surface area contributed by atoms with Crippen LogP contribution in [0, 0.1) is 13.8 Å². The van der Waals surface area contributed by atoms with Gasteiger partial charge in [0.1, 0.15) is 5.65 Å². The first-order chi connectivity index (χ1) is 15.4. The van der Waals surface area contributed by atoms with Crippen molar-refractivity contribution in [3.63, 3.8) is 0 Å². The number of benzene rings is 2. The molecule has 8 heteroatoms. The Bertz CT molecular complexity index is 1370. The molecule has 0 aliphatic heterocycles. The van der Waals surface area contributed by atoms with Gasteiger partial charge < -0.3 is 10.6 Å². The van der Waals surface area contributed by atoms with Gasteiger partial charge >= 0.3 is 6.03 Å². The van der Waals surface area contributed by atoms with E-state index < -0.39 is 0 Å². The lowest BCUT2D eigenvalue weighted by molar-refractivity contribution is 0.262. The van der Waals surface area contributed by atoms with Gasteiger partial charge in [-0.15, -0.1) is 11.8 Å². The predicted octanol–water partition coefficient (Wildman–Crippen LogP) is 5.90. The predicted molar refractivity (Wildman–Crippen MR) is 131 cm³/mol. The summed E-state index contributed by atoms with van der Waals surface area (Å²) in [5.41, 5.74) is 4.52. The number of rotatable bonds is 5. The van der Waals surface area contributed by atoms with Crippen molar-refractivity contribution in [1.82, 2.24) is 9.38 Å². The first kappa shape index (κ1) is 21.9. The van der Waals surface area contributed by atoms with Gasteiger partial charge in [-0.2, -0.15) is 0 Å². The van der Waals surface area contributed by atoms with Gasteiger partial charge in [0, 0.05) is 28.6 Å². The molecule has 0 radical (unpaired) electrons. The van der Waals surface area contributed by atoms with Gasteiger partial charge in [-0.05, 0) is 55.3 Å². The molecule has 6 nitrogen and oxygen atoms in total. The Morgan fingerprint density at radius 1 is 1.03 bits per heavy atom. The molecule has 162 valence electrons. The molecule has 2 N–H and O–H groups in total. The second kappa shape index (κ2) is 9.46. The zero-order valence-electron chi connectivity index (χ0n) is 17.6. The summed E-state index contributed by atoms with van der Waals surface area (Å²) in [6, 6.07) is 18.1. The molecular weight excluding hydrogens is 444 g/mol. The van der Waals surface area contributed by atoms with Gasteiger partial charge in [0.05, 0.1) is 16.4 Å². The third kappa shape index (κ3) is 5.12. The van der Waals surface area contributed by atoms with Gasteiger partial charge in [-0.1, -0.05) is 35.9 Å². The highest BCUT2D eigenvalue weighted by Gasteiger charge is 2.10. The van der Waals surface area contributed by atoms with Crippen molar-refractivity contribution in [3.8, 4) is 0 Å². The number of amides is 2. The Morgan fingerprint density at radius 2 is 1.81 bits per heavy atom. The van der Waals surface area contributed by atoms with Crippen LogP contribution >= 0.6 is 23.4 Å². The molecule has 2 amide bonds. The summed E-state index contributed by atoms with van der Waals surface area (Å²) < 4.78 is 1.42. The molecule has 4 rings (SSSR count). The maximum atomic E-state index is 12.6. The molecule has 0 bridgehead atoms. The number of nitrogens with zero attached hydrogens (tertiary/aromatic N) is 2. The van der Waals surface area contributed by atoms with Crippen molar-refractivity contribution in [2.24, 2.45) is 0 Å². The van der Waals surface area contributed by atoms with Crippen LogP contribution in [0.25, 0.3) is 5.65 Å². The van der Waals surface area contributed by atoms with Crippen molar-refractivity contribution in [1.29, 1.82) is 0 Å². The zero-order valence-corrected chi connectivity index (χ0v) is 19.1. The maximum absolute atomic E-state index is 12.6. The number of hydrogen-bond donors (Lipinski definition) is 2. The van der Waals surface area contributed by atoms with E-state index in [0.717, 1.165) is 21.7 Å². The summed E-state index contributed by atoms with van der Waals surface area (Å²) in [5, 5.41) is 6.30. The molecule has 4 aromatic rings. The fourth-order valence-electron chi connectivity index (χ4n) is 3.19. The molecule has 0 fully saturated rings. The summed E-state index contributed by atoms with van der Waals surface area (Å²) in [6.07, 6.45) is 1.55. The second-order valence-corrected chi connectivity index (χ2v) is 8.80. The highest BCUT2D eigenvalue weighted by Crippen LogP contribution is 2.29. The molecular formula is C24H21ClN4O2S. The standard InChI is InChI=1S/C24H21ClN4O2S/c1-15-7-8-16(2)20(11-15)28-24(31)27-19-5-3-4-6-21(19)32-14-18-12-23(30)29-13-17(25)9-10-22(29)26-18/h3-13H,14H2,1-2H3,(H2,27,28,31). The Kier molecular flexibility index (Phi) is 6.48. The smallest absolute Gasteiger partial charge is 0.307 e. The third-order valence-corrected chi connectivity index (χ3v) is 6.16. The Balaban J connectivity index is 1.48. The SMILES string of the molecule is Cc1ccc(C)c(NC(=O)Nc2ccccc2SCc2cc(=O)n3cc(Cl)ccc3n2)c1. The number of carbonyl (C=O) groups is 1. The highest BCUT2D eigenvalue weighted by molar-refractivity contribution is 7.98. The fourth-order valence-corrected chi connectivity index (χ4v) is 4.26. The van der Waals surface area contributed by atoms with Gasteiger partial charge in [0.2, 0.25) is 0 Å². The van der Waals surface area contributed by atoms with Crippen LogP contribution in [0.4, 0.5) is 16.2 Å². The number of anilines is 2. The summed E-state index contributed by atoms with van der Waals surface area (Å²) in [5.74, 6) is 0.478. The monoisotopic (exact) mass is 464 g/mol. The quantitative estimate of drug-likeness (QED) is 0.360. The number of aryl methyl sites for hydroxylation is 2. The largest absolute Gasteiger partial charge is 0.323 e. The van der Waals surface area contributed by atoms with Crippen LogP contribution in [0.3, 0.4) is 0 Å². The molecule has 0 saturated heterocycles. The van der Waals surface area contributed by atoms with E-state index in [4.69, 9.17) is 11.6 Å². The van der Waals surface area contributed by atoms with E-state index in [9.17, 15) is 9.59 Å². The fraction of sp³-hybridized carbons (Fsp3) is 0.125. The van der Waals surface area contributed by atoms with E-state index in [1.54, 1.807) is 18.3 Å². The number of fused-ring (bicyclic) bond motifs is 1. The zero-order chi connectivity index (χ0) is 22.7. The van der Waals surface area contributed by atoms with E-state index in [1.165, 1.54) is 22.2 Å². The van der Waals surface area contributed by atoms with Crippen molar-refractivity contribution in [3.05, 3.63) is 99.1 Å². The third-order valence-electron chi connectivity index (χ3n) is 4.83. The number of pyridine rings is 1. The van der Waals surface area contributed by atoms with Crippen molar-refractivity contribution >= 4 is 46.4 Å². The first-order valence-electron chi connectivity index (χ1n) is 9.94. The maximum Gasteiger partial charge on any atom is 0.323 e. The Morgan fingerprint density at radius 3 is 2.66 bits per heavy atom. The average molecular weight is 465 g/mol. The molecule has 2 aromatic heterocycles. The lowest BCUT2D eigenvalue weighted by Gasteiger charge is -2.13. The second-order valence-electron chi connectivity index (χ2n) is 7.34. The molecule has 0 unspecified atom stereocenters. The van der Waals surface area contributed by atoms with Crippen LogP contribution in [-0.4, -0.2) is 15.4 Å². The number of carbonyl (C=O) groups excluding carboxylic acids is 1. The number of para-hydroxylation sites is 1. The van der Waals surface area contributed by atoms with Crippen LogP contribution in [0.15, 0.2) is 76.6 Å². The van der Waals surface area contributed by atoms with Gasteiger partial charge in [0.25, 0.3) is 5.56 Å². The molecule has 0 aliphatic carbocycles. The lowest BCUT2D eigenvalue weighted by Crippen LogP contribution is -2.20. The molecule has 2 aromatic carbocycles. The molecule has 0 aliphatic rings. The van der Waals surface area contributed by atoms with Crippen LogP contribution < -0.4 is 16.2 Å². The van der Waals surface area contributed by atoms with E-state index in [0.29, 0.717) is 27.8 Å². The highest BCUT2D eigenvalue weighted by atomic mass is 35.5. The average Bonchev–Trinajstić information content (AvgIpc) is 2.76. The Labute approximate surface area is 194 Å². The van der Waals surface area contributed by atoms with Crippen LogP contribution in [-0.2, 0) is 5.75 Å². The number of urea groups is 1. The van der Waals surface area contributed by atoms with Crippen molar-refractivity contribution < 1.29 is 4.79 Å². The molecule has 2 heterocycles. The van der Waals surface area contributed by atoms with Crippen molar-refractivity contribution in [2.45, 2.75) is 24.5 Å². The Hall–Kier alpha value is -3.29. The van der Waals surface area contributed by atoms with Gasteiger partial charge in [0.15, 0.2) is 0 Å². The van der Waals surface area contributed by atoms with E-state index in [1.807, 2.05) is 56.3 Å². The minimum atomic E-state index is -0.314.